The highest BCUT2D eigenvalue weighted by molar-refractivity contribution is 4.32. The second-order valence-corrected chi connectivity index (χ2v) is 1.78. The van der Waals surface area contributed by atoms with Gasteiger partial charge in [0, 0.05) is 13.7 Å². The van der Waals surface area contributed by atoms with Crippen LogP contribution in [0.4, 0.5) is 0 Å². The molecule has 0 fully saturated rings. The molecule has 0 saturated heterocycles. The molecule has 1 radical (unpaired) electrons. The van der Waals surface area contributed by atoms with Crippen LogP contribution in [0.3, 0.4) is 0 Å². The Bertz CT molecular complexity index is 48.8. The van der Waals surface area contributed by atoms with Crippen molar-refractivity contribution in [3.05, 3.63) is 6.92 Å². The fourth-order valence-corrected chi connectivity index (χ4v) is 0.421. The zero-order chi connectivity index (χ0) is 7.66. The standard InChI is InChI=1S/C7H15O3/c1-3-4-9-7-10-6-5-8-2/h1,3-7H2,2H3. The third kappa shape index (κ3) is 7.88. The minimum Gasteiger partial charge on any atom is -0.382 e. The normalized spacial score (nSPS) is 10.2. The van der Waals surface area contributed by atoms with E-state index in [2.05, 4.69) is 6.92 Å². The van der Waals surface area contributed by atoms with Crippen LogP contribution in [0.2, 0.25) is 0 Å². The number of hydrogen-bond donors (Lipinski definition) is 0. The van der Waals surface area contributed by atoms with Crippen molar-refractivity contribution in [2.75, 3.05) is 33.7 Å². The summed E-state index contributed by atoms with van der Waals surface area (Å²) in [6, 6.07) is 0. The number of hydrogen-bond acceptors (Lipinski definition) is 3. The Balaban J connectivity index is 2.65. The summed E-state index contributed by atoms with van der Waals surface area (Å²) in [6.07, 6.45) is 0.785. The van der Waals surface area contributed by atoms with Crippen molar-refractivity contribution in [1.82, 2.24) is 0 Å². The summed E-state index contributed by atoms with van der Waals surface area (Å²) >= 11 is 0. The highest BCUT2D eigenvalue weighted by Crippen LogP contribution is 1.81. The van der Waals surface area contributed by atoms with Gasteiger partial charge in [0.2, 0.25) is 0 Å². The van der Waals surface area contributed by atoms with Gasteiger partial charge in [0.15, 0.2) is 0 Å². The van der Waals surface area contributed by atoms with Crippen molar-refractivity contribution in [3.8, 4) is 0 Å². The zero-order valence-corrected chi connectivity index (χ0v) is 6.47. The number of rotatable bonds is 7. The Labute approximate surface area is 62.3 Å². The summed E-state index contributed by atoms with van der Waals surface area (Å²) < 4.78 is 14.7. The van der Waals surface area contributed by atoms with E-state index >= 15 is 0 Å². The number of ether oxygens (including phenoxy) is 3. The van der Waals surface area contributed by atoms with Crippen LogP contribution in [-0.2, 0) is 14.2 Å². The molecule has 0 spiro atoms. The van der Waals surface area contributed by atoms with Crippen LogP contribution in [-0.4, -0.2) is 33.7 Å². The minimum atomic E-state index is 0.346. The lowest BCUT2D eigenvalue weighted by Gasteiger charge is -2.02. The van der Waals surface area contributed by atoms with Crippen LogP contribution >= 0.6 is 0 Å². The summed E-state index contributed by atoms with van der Waals surface area (Å²) in [7, 11) is 1.64. The third-order valence-corrected chi connectivity index (χ3v) is 0.887. The van der Waals surface area contributed by atoms with Gasteiger partial charge in [-0.3, -0.25) is 0 Å². The maximum Gasteiger partial charge on any atom is 0.146 e. The van der Waals surface area contributed by atoms with Gasteiger partial charge in [-0.25, -0.2) is 0 Å². The van der Waals surface area contributed by atoms with Crippen LogP contribution in [0.25, 0.3) is 0 Å². The Morgan fingerprint density at radius 2 is 1.80 bits per heavy atom. The van der Waals surface area contributed by atoms with Crippen LogP contribution in [0.5, 0.6) is 0 Å². The molecule has 3 nitrogen and oxygen atoms in total. The van der Waals surface area contributed by atoms with E-state index < -0.39 is 0 Å². The maximum atomic E-state index is 5.00. The second kappa shape index (κ2) is 8.88. The Morgan fingerprint density at radius 3 is 2.40 bits per heavy atom. The molecule has 0 unspecified atom stereocenters. The monoisotopic (exact) mass is 147 g/mol. The van der Waals surface area contributed by atoms with E-state index in [1.165, 1.54) is 0 Å². The van der Waals surface area contributed by atoms with Gasteiger partial charge in [0.1, 0.15) is 6.79 Å². The summed E-state index contributed by atoms with van der Waals surface area (Å²) in [4.78, 5) is 0. The molecule has 0 rings (SSSR count). The maximum absolute atomic E-state index is 5.00. The van der Waals surface area contributed by atoms with Crippen molar-refractivity contribution in [1.29, 1.82) is 0 Å². The molecular formula is C7H15O3. The van der Waals surface area contributed by atoms with E-state index in [1.807, 2.05) is 0 Å². The Hall–Kier alpha value is -0.120. The van der Waals surface area contributed by atoms with Crippen LogP contribution in [0.15, 0.2) is 0 Å². The molecule has 0 N–H and O–H groups in total. The summed E-state index contributed by atoms with van der Waals surface area (Å²) in [5.41, 5.74) is 0. The van der Waals surface area contributed by atoms with E-state index in [-0.39, 0.29) is 0 Å². The van der Waals surface area contributed by atoms with Gasteiger partial charge in [0.05, 0.1) is 13.2 Å². The third-order valence-electron chi connectivity index (χ3n) is 0.887. The smallest absolute Gasteiger partial charge is 0.146 e. The second-order valence-electron chi connectivity index (χ2n) is 1.78. The molecule has 0 heterocycles. The lowest BCUT2D eigenvalue weighted by atomic mass is 10.5. The molecule has 0 aliphatic carbocycles. The van der Waals surface area contributed by atoms with E-state index in [9.17, 15) is 0 Å². The molecule has 61 valence electrons. The molecule has 0 amide bonds. The van der Waals surface area contributed by atoms with Gasteiger partial charge < -0.3 is 14.2 Å². The molecule has 0 atom stereocenters. The minimum absolute atomic E-state index is 0.346. The van der Waals surface area contributed by atoms with Gasteiger partial charge in [-0.05, 0) is 6.42 Å². The Morgan fingerprint density at radius 1 is 1.10 bits per heavy atom. The highest BCUT2D eigenvalue weighted by atomic mass is 16.7. The van der Waals surface area contributed by atoms with Crippen molar-refractivity contribution >= 4 is 0 Å². The first-order chi connectivity index (χ1) is 4.91. The van der Waals surface area contributed by atoms with Gasteiger partial charge in [0.25, 0.3) is 0 Å². The fraction of sp³-hybridized carbons (Fsp3) is 0.857. The molecule has 0 aromatic carbocycles. The topological polar surface area (TPSA) is 27.7 Å². The molecular weight excluding hydrogens is 132 g/mol. The largest absolute Gasteiger partial charge is 0.382 e. The molecule has 10 heavy (non-hydrogen) atoms. The molecule has 0 bridgehead atoms. The zero-order valence-electron chi connectivity index (χ0n) is 6.47. The van der Waals surface area contributed by atoms with Crippen molar-refractivity contribution in [2.24, 2.45) is 0 Å². The van der Waals surface area contributed by atoms with E-state index in [0.717, 1.165) is 6.42 Å². The molecule has 0 aliphatic heterocycles. The summed E-state index contributed by atoms with van der Waals surface area (Å²) in [5.74, 6) is 0. The predicted octanol–water partition coefficient (Wildman–Crippen LogP) is 0.848. The fourth-order valence-electron chi connectivity index (χ4n) is 0.421. The lowest BCUT2D eigenvalue weighted by Crippen LogP contribution is -2.06. The van der Waals surface area contributed by atoms with Gasteiger partial charge in [-0.1, -0.05) is 6.92 Å². The molecule has 0 aliphatic rings. The first-order valence-electron chi connectivity index (χ1n) is 3.35. The van der Waals surface area contributed by atoms with E-state index in [0.29, 0.717) is 26.6 Å². The molecule has 0 aromatic rings. The molecule has 3 heteroatoms. The van der Waals surface area contributed by atoms with Crippen LogP contribution in [0, 0.1) is 6.92 Å². The van der Waals surface area contributed by atoms with Gasteiger partial charge >= 0.3 is 0 Å². The van der Waals surface area contributed by atoms with Gasteiger partial charge in [-0.2, -0.15) is 0 Å². The summed E-state index contributed by atoms with van der Waals surface area (Å²) in [5, 5.41) is 0. The number of methoxy groups -OCH3 is 1. The predicted molar refractivity (Wildman–Crippen MR) is 38.6 cm³/mol. The van der Waals surface area contributed by atoms with Crippen molar-refractivity contribution < 1.29 is 14.2 Å². The van der Waals surface area contributed by atoms with E-state index in [4.69, 9.17) is 14.2 Å². The van der Waals surface area contributed by atoms with Crippen LogP contribution < -0.4 is 0 Å². The molecule has 0 aromatic heterocycles. The average molecular weight is 147 g/mol. The average Bonchev–Trinajstić information content (AvgIpc) is 1.97. The van der Waals surface area contributed by atoms with E-state index in [1.54, 1.807) is 7.11 Å². The lowest BCUT2D eigenvalue weighted by molar-refractivity contribution is -0.0644. The van der Waals surface area contributed by atoms with Crippen LogP contribution in [0.1, 0.15) is 6.42 Å². The summed E-state index contributed by atoms with van der Waals surface area (Å²) in [6.45, 7) is 5.83. The van der Waals surface area contributed by atoms with Crippen molar-refractivity contribution in [2.45, 2.75) is 6.42 Å². The molecule has 0 saturated carbocycles. The Kier molecular flexibility index (Phi) is 8.77. The quantitative estimate of drug-likeness (QED) is 0.394. The SMILES string of the molecule is [CH2]CCOCOCCOC. The first-order valence-corrected chi connectivity index (χ1v) is 3.35. The van der Waals surface area contributed by atoms with Crippen molar-refractivity contribution in [3.63, 3.8) is 0 Å². The highest BCUT2D eigenvalue weighted by Gasteiger charge is 1.85. The first kappa shape index (κ1) is 9.88. The van der Waals surface area contributed by atoms with Gasteiger partial charge in [-0.15, -0.1) is 0 Å².